The molecule has 19 heavy (non-hydrogen) atoms. The number of ether oxygens (including phenoxy) is 1. The minimum Gasteiger partial charge on any atom is -0.464 e. The van der Waals surface area contributed by atoms with Crippen LogP contribution in [0, 0.1) is 0 Å². The number of esters is 1. The molecule has 1 amide bonds. The Hall–Kier alpha value is -2.04. The van der Waals surface area contributed by atoms with Gasteiger partial charge in [0, 0.05) is 25.3 Å². The van der Waals surface area contributed by atoms with Gasteiger partial charge in [0.1, 0.15) is 6.04 Å². The van der Waals surface area contributed by atoms with E-state index in [0.717, 1.165) is 5.69 Å². The van der Waals surface area contributed by atoms with E-state index < -0.39 is 12.0 Å². The van der Waals surface area contributed by atoms with Crippen LogP contribution in [-0.4, -0.2) is 38.6 Å². The number of carbonyl (C=O) groups is 2. The molecule has 0 saturated carbocycles. The van der Waals surface area contributed by atoms with Crippen LogP contribution in [0.25, 0.3) is 0 Å². The van der Waals surface area contributed by atoms with Crippen molar-refractivity contribution in [2.75, 3.05) is 25.6 Å². The van der Waals surface area contributed by atoms with E-state index in [9.17, 15) is 9.59 Å². The third kappa shape index (κ3) is 4.28. The van der Waals surface area contributed by atoms with E-state index in [-0.39, 0.29) is 5.91 Å². The first-order chi connectivity index (χ1) is 8.95. The highest BCUT2D eigenvalue weighted by atomic mass is 16.5. The summed E-state index contributed by atoms with van der Waals surface area (Å²) < 4.78 is 4.84. The van der Waals surface area contributed by atoms with Gasteiger partial charge in [0.2, 0.25) is 0 Å². The Kier molecular flexibility index (Phi) is 5.36. The van der Waals surface area contributed by atoms with E-state index in [0.29, 0.717) is 12.2 Å². The molecule has 0 heterocycles. The largest absolute Gasteiger partial charge is 0.464 e. The van der Waals surface area contributed by atoms with Crippen molar-refractivity contribution in [3.63, 3.8) is 0 Å². The minimum absolute atomic E-state index is 0.288. The summed E-state index contributed by atoms with van der Waals surface area (Å²) in [5.41, 5.74) is 1.44. The fourth-order valence-electron chi connectivity index (χ4n) is 1.53. The molecule has 0 spiro atoms. The van der Waals surface area contributed by atoms with Crippen molar-refractivity contribution in [1.29, 1.82) is 0 Å². The Morgan fingerprint density at radius 3 is 2.63 bits per heavy atom. The Labute approximate surface area is 113 Å². The molecule has 1 rings (SSSR count). The lowest BCUT2D eigenvalue weighted by atomic mass is 10.1. The first-order valence-corrected chi connectivity index (χ1v) is 6.20. The van der Waals surface area contributed by atoms with Crippen molar-refractivity contribution >= 4 is 17.6 Å². The van der Waals surface area contributed by atoms with Crippen LogP contribution in [0.15, 0.2) is 24.3 Å². The normalized spacial score (nSPS) is 11.6. The molecular weight excluding hydrogens is 244 g/mol. The fraction of sp³-hybridized carbons (Fsp3) is 0.429. The van der Waals surface area contributed by atoms with Gasteiger partial charge in [-0.15, -0.1) is 0 Å². The monoisotopic (exact) mass is 264 g/mol. The summed E-state index contributed by atoms with van der Waals surface area (Å²) in [6.07, 6.45) is 0. The van der Waals surface area contributed by atoms with Crippen molar-refractivity contribution in [2.45, 2.75) is 19.9 Å². The molecule has 1 N–H and O–H groups in total. The van der Waals surface area contributed by atoms with Crippen LogP contribution < -0.4 is 10.2 Å². The summed E-state index contributed by atoms with van der Waals surface area (Å²) in [6.45, 7) is 3.63. The lowest BCUT2D eigenvalue weighted by molar-refractivity contribution is -0.144. The van der Waals surface area contributed by atoms with Crippen LogP contribution >= 0.6 is 0 Å². The van der Waals surface area contributed by atoms with Crippen LogP contribution in [-0.2, 0) is 9.53 Å². The van der Waals surface area contributed by atoms with Gasteiger partial charge >= 0.3 is 5.97 Å². The highest BCUT2D eigenvalue weighted by Crippen LogP contribution is 2.13. The lowest BCUT2D eigenvalue weighted by Crippen LogP contribution is -2.39. The molecule has 104 valence electrons. The molecule has 0 bridgehead atoms. The Balaban J connectivity index is 2.73. The molecule has 0 saturated heterocycles. The molecule has 0 aliphatic rings. The second-order valence-electron chi connectivity index (χ2n) is 4.39. The molecular formula is C14H20N2O3. The molecule has 1 aromatic carbocycles. The molecule has 0 fully saturated rings. The highest BCUT2D eigenvalue weighted by Gasteiger charge is 2.17. The molecule has 0 radical (unpaired) electrons. The number of hydrogen-bond acceptors (Lipinski definition) is 4. The summed E-state index contributed by atoms with van der Waals surface area (Å²) in [6, 6.07) is 6.54. The summed E-state index contributed by atoms with van der Waals surface area (Å²) in [7, 11) is 3.80. The minimum atomic E-state index is -0.657. The average Bonchev–Trinajstić information content (AvgIpc) is 2.39. The fourth-order valence-corrected chi connectivity index (χ4v) is 1.53. The molecule has 0 aromatic heterocycles. The highest BCUT2D eigenvalue weighted by molar-refractivity contribution is 5.97. The second-order valence-corrected chi connectivity index (χ2v) is 4.39. The molecule has 0 aliphatic carbocycles. The summed E-state index contributed by atoms with van der Waals surface area (Å²) in [5, 5.41) is 2.61. The van der Waals surface area contributed by atoms with Gasteiger partial charge in [0.25, 0.3) is 5.91 Å². The standard InChI is InChI=1S/C14H20N2O3/c1-5-19-14(18)10(2)15-13(17)11-7-6-8-12(9-11)16(3)4/h6-10H,5H2,1-4H3,(H,15,17). The zero-order valence-corrected chi connectivity index (χ0v) is 11.8. The molecule has 5 nitrogen and oxygen atoms in total. The Morgan fingerprint density at radius 1 is 1.37 bits per heavy atom. The first-order valence-electron chi connectivity index (χ1n) is 6.20. The number of nitrogens with one attached hydrogen (secondary N) is 1. The molecule has 1 atom stereocenters. The van der Waals surface area contributed by atoms with Gasteiger partial charge in [0.05, 0.1) is 6.61 Å². The summed E-state index contributed by atoms with van der Waals surface area (Å²) in [4.78, 5) is 25.3. The van der Waals surface area contributed by atoms with Crippen LogP contribution in [0.5, 0.6) is 0 Å². The molecule has 1 aromatic rings. The van der Waals surface area contributed by atoms with Gasteiger partial charge in [-0.1, -0.05) is 6.07 Å². The maximum atomic E-state index is 12.0. The van der Waals surface area contributed by atoms with Gasteiger partial charge < -0.3 is 15.0 Å². The quantitative estimate of drug-likeness (QED) is 0.817. The SMILES string of the molecule is CCOC(=O)C(C)NC(=O)c1cccc(N(C)C)c1. The Bertz CT molecular complexity index is 458. The van der Waals surface area contributed by atoms with Gasteiger partial charge in [-0.05, 0) is 32.0 Å². The zero-order chi connectivity index (χ0) is 14.4. The number of benzene rings is 1. The van der Waals surface area contributed by atoms with Gasteiger partial charge in [-0.3, -0.25) is 4.79 Å². The molecule has 0 aliphatic heterocycles. The van der Waals surface area contributed by atoms with Crippen molar-refractivity contribution < 1.29 is 14.3 Å². The predicted octanol–water partition coefficient (Wildman–Crippen LogP) is 1.43. The number of nitrogens with zero attached hydrogens (tertiary/aromatic N) is 1. The maximum Gasteiger partial charge on any atom is 0.328 e. The third-order valence-electron chi connectivity index (χ3n) is 2.61. The van der Waals surface area contributed by atoms with Crippen molar-refractivity contribution in [1.82, 2.24) is 5.32 Å². The van der Waals surface area contributed by atoms with E-state index in [4.69, 9.17) is 4.74 Å². The van der Waals surface area contributed by atoms with Gasteiger partial charge in [0.15, 0.2) is 0 Å². The second kappa shape index (κ2) is 6.78. The molecule has 5 heteroatoms. The van der Waals surface area contributed by atoms with Gasteiger partial charge in [-0.25, -0.2) is 4.79 Å². The Morgan fingerprint density at radius 2 is 2.05 bits per heavy atom. The van der Waals surface area contributed by atoms with Gasteiger partial charge in [-0.2, -0.15) is 0 Å². The van der Waals surface area contributed by atoms with Crippen molar-refractivity contribution in [3.8, 4) is 0 Å². The number of amides is 1. The van der Waals surface area contributed by atoms with E-state index >= 15 is 0 Å². The lowest BCUT2D eigenvalue weighted by Gasteiger charge is -2.15. The van der Waals surface area contributed by atoms with Crippen LogP contribution in [0.1, 0.15) is 24.2 Å². The summed E-state index contributed by atoms with van der Waals surface area (Å²) in [5.74, 6) is -0.719. The number of hydrogen-bond donors (Lipinski definition) is 1. The van der Waals surface area contributed by atoms with Crippen molar-refractivity contribution in [2.24, 2.45) is 0 Å². The van der Waals surface area contributed by atoms with E-state index in [1.54, 1.807) is 32.0 Å². The third-order valence-corrected chi connectivity index (χ3v) is 2.61. The van der Waals surface area contributed by atoms with Crippen LogP contribution in [0.4, 0.5) is 5.69 Å². The average molecular weight is 264 g/mol. The maximum absolute atomic E-state index is 12.0. The van der Waals surface area contributed by atoms with Crippen LogP contribution in [0.3, 0.4) is 0 Å². The van der Waals surface area contributed by atoms with Crippen molar-refractivity contribution in [3.05, 3.63) is 29.8 Å². The zero-order valence-electron chi connectivity index (χ0n) is 11.8. The predicted molar refractivity (Wildman–Crippen MR) is 74.3 cm³/mol. The van der Waals surface area contributed by atoms with Crippen LogP contribution in [0.2, 0.25) is 0 Å². The van der Waals surface area contributed by atoms with E-state index in [1.807, 2.05) is 25.1 Å². The van der Waals surface area contributed by atoms with E-state index in [1.165, 1.54) is 0 Å². The first kappa shape index (κ1) is 15.0. The summed E-state index contributed by atoms with van der Waals surface area (Å²) >= 11 is 0. The smallest absolute Gasteiger partial charge is 0.328 e. The van der Waals surface area contributed by atoms with E-state index in [2.05, 4.69) is 5.32 Å². The number of rotatable bonds is 5. The molecule has 1 unspecified atom stereocenters. The topological polar surface area (TPSA) is 58.6 Å². The number of carbonyl (C=O) groups excluding carboxylic acids is 2. The number of anilines is 1.